The van der Waals surface area contributed by atoms with E-state index in [1.165, 1.54) is 5.57 Å². The Bertz CT molecular complexity index is 466. The van der Waals surface area contributed by atoms with Crippen LogP contribution in [0.3, 0.4) is 0 Å². The van der Waals surface area contributed by atoms with Crippen LogP contribution < -0.4 is 0 Å². The number of hydrogen-bond acceptors (Lipinski definition) is 2. The quantitative estimate of drug-likeness (QED) is 0.448. The van der Waals surface area contributed by atoms with Crippen LogP contribution in [0.1, 0.15) is 59.8 Å². The third-order valence-electron chi connectivity index (χ3n) is 5.61. The molecule has 0 spiro atoms. The lowest BCUT2D eigenvalue weighted by molar-refractivity contribution is 0.0735. The number of aliphatic hydroxyl groups is 2. The molecule has 0 aromatic heterocycles. The molecular formula is C20H33BrO2. The Kier molecular flexibility index (Phi) is 7.31. The van der Waals surface area contributed by atoms with Crippen molar-refractivity contribution < 1.29 is 10.2 Å². The second-order valence-corrected chi connectivity index (χ2v) is 8.82. The zero-order valence-electron chi connectivity index (χ0n) is 15.1. The monoisotopic (exact) mass is 384 g/mol. The van der Waals surface area contributed by atoms with Crippen LogP contribution in [0.2, 0.25) is 0 Å². The molecule has 0 heterocycles. The molecule has 0 bridgehead atoms. The normalized spacial score (nSPS) is 31.9. The highest BCUT2D eigenvalue weighted by atomic mass is 79.9. The number of allylic oxidation sites excluding steroid dienone is 2. The Labute approximate surface area is 150 Å². The van der Waals surface area contributed by atoms with Crippen molar-refractivity contribution in [1.82, 2.24) is 0 Å². The van der Waals surface area contributed by atoms with Gasteiger partial charge >= 0.3 is 0 Å². The van der Waals surface area contributed by atoms with Gasteiger partial charge in [-0.25, -0.2) is 0 Å². The fourth-order valence-corrected chi connectivity index (χ4v) is 4.30. The topological polar surface area (TPSA) is 40.5 Å². The molecule has 0 aromatic rings. The summed E-state index contributed by atoms with van der Waals surface area (Å²) in [6, 6.07) is 0. The SMILES string of the molecule is C=C[C@@](C)(O)CC[C@@H]1C(C)=CC[C@H](Br)[C@@]1(C)CC[C@@H](O)C(=C)C. The average Bonchev–Trinajstić information content (AvgIpc) is 2.48. The molecule has 0 aliphatic heterocycles. The second-order valence-electron chi connectivity index (χ2n) is 7.71. The molecule has 0 aromatic carbocycles. The van der Waals surface area contributed by atoms with Gasteiger partial charge in [-0.15, -0.1) is 6.58 Å². The first-order valence-corrected chi connectivity index (χ1v) is 9.45. The first-order valence-electron chi connectivity index (χ1n) is 8.53. The third kappa shape index (κ3) is 5.30. The predicted octanol–water partition coefficient (Wildman–Crippen LogP) is 5.16. The summed E-state index contributed by atoms with van der Waals surface area (Å²) in [5.74, 6) is 0.393. The minimum absolute atomic E-state index is 0.0620. The maximum Gasteiger partial charge on any atom is 0.0797 e. The molecule has 132 valence electrons. The lowest BCUT2D eigenvalue weighted by Gasteiger charge is -2.46. The van der Waals surface area contributed by atoms with Crippen LogP contribution in [-0.2, 0) is 0 Å². The molecule has 0 saturated heterocycles. The largest absolute Gasteiger partial charge is 0.389 e. The predicted molar refractivity (Wildman–Crippen MR) is 103 cm³/mol. The van der Waals surface area contributed by atoms with Crippen LogP contribution in [0.5, 0.6) is 0 Å². The van der Waals surface area contributed by atoms with Crippen molar-refractivity contribution in [3.63, 3.8) is 0 Å². The van der Waals surface area contributed by atoms with Crippen LogP contribution in [-0.4, -0.2) is 26.7 Å². The van der Waals surface area contributed by atoms with E-state index in [0.29, 0.717) is 17.2 Å². The van der Waals surface area contributed by atoms with E-state index in [1.807, 2.05) is 13.8 Å². The minimum Gasteiger partial charge on any atom is -0.389 e. The molecule has 2 N–H and O–H groups in total. The number of hydrogen-bond donors (Lipinski definition) is 2. The number of aliphatic hydroxyl groups excluding tert-OH is 1. The fourth-order valence-electron chi connectivity index (χ4n) is 3.56. The van der Waals surface area contributed by atoms with Gasteiger partial charge in [-0.05, 0) is 64.2 Å². The van der Waals surface area contributed by atoms with Crippen LogP contribution in [0.15, 0.2) is 36.5 Å². The highest BCUT2D eigenvalue weighted by molar-refractivity contribution is 9.09. The summed E-state index contributed by atoms with van der Waals surface area (Å²) in [4.78, 5) is 0.384. The van der Waals surface area contributed by atoms with E-state index < -0.39 is 11.7 Å². The Morgan fingerprint density at radius 2 is 2.22 bits per heavy atom. The second kappa shape index (κ2) is 8.13. The van der Waals surface area contributed by atoms with Gasteiger partial charge < -0.3 is 10.2 Å². The van der Waals surface area contributed by atoms with Crippen molar-refractivity contribution in [3.05, 3.63) is 36.5 Å². The van der Waals surface area contributed by atoms with Crippen LogP contribution in [0, 0.1) is 11.3 Å². The summed E-state index contributed by atoms with van der Waals surface area (Å²) in [7, 11) is 0. The molecule has 0 saturated carbocycles. The van der Waals surface area contributed by atoms with Crippen molar-refractivity contribution in [3.8, 4) is 0 Å². The van der Waals surface area contributed by atoms with Crippen LogP contribution in [0.4, 0.5) is 0 Å². The zero-order chi connectivity index (χ0) is 17.8. The van der Waals surface area contributed by atoms with Gasteiger partial charge in [0, 0.05) is 4.83 Å². The molecule has 0 fully saturated rings. The Hall–Kier alpha value is -0.380. The van der Waals surface area contributed by atoms with Crippen LogP contribution in [0.25, 0.3) is 0 Å². The lowest BCUT2D eigenvalue weighted by atomic mass is 9.62. The number of rotatable bonds is 8. The summed E-state index contributed by atoms with van der Waals surface area (Å²) in [5.41, 5.74) is 1.46. The van der Waals surface area contributed by atoms with Crippen molar-refractivity contribution in [1.29, 1.82) is 0 Å². The third-order valence-corrected chi connectivity index (χ3v) is 7.03. The van der Waals surface area contributed by atoms with E-state index in [-0.39, 0.29) is 5.41 Å². The molecule has 2 nitrogen and oxygen atoms in total. The lowest BCUT2D eigenvalue weighted by Crippen LogP contribution is -2.41. The zero-order valence-corrected chi connectivity index (χ0v) is 16.7. The molecule has 1 rings (SSSR count). The van der Waals surface area contributed by atoms with Crippen molar-refractivity contribution in [2.45, 2.75) is 76.3 Å². The highest BCUT2D eigenvalue weighted by Crippen LogP contribution is 2.50. The van der Waals surface area contributed by atoms with Gasteiger partial charge in [0.25, 0.3) is 0 Å². The van der Waals surface area contributed by atoms with Gasteiger partial charge in [-0.3, -0.25) is 0 Å². The van der Waals surface area contributed by atoms with E-state index in [1.54, 1.807) is 6.08 Å². The number of alkyl halides is 1. The standard InChI is InChI=1S/C20H33BrO2/c1-7-19(5,23)12-10-16-15(4)8-9-18(21)20(16,6)13-11-17(22)14(2)3/h7-8,16-18,22-23H,1-2,9-13H2,3-6H3/t16-,17-,18+,19-,20+/m1/s1. The first-order chi connectivity index (χ1) is 10.5. The fraction of sp³-hybridized carbons (Fsp3) is 0.700. The Morgan fingerprint density at radius 1 is 1.61 bits per heavy atom. The van der Waals surface area contributed by atoms with Gasteiger partial charge in [0.1, 0.15) is 0 Å². The summed E-state index contributed by atoms with van der Waals surface area (Å²) in [6.07, 6.45) is 7.80. The van der Waals surface area contributed by atoms with E-state index >= 15 is 0 Å². The summed E-state index contributed by atoms with van der Waals surface area (Å²) >= 11 is 3.87. The van der Waals surface area contributed by atoms with Crippen molar-refractivity contribution in [2.24, 2.45) is 11.3 Å². The molecule has 0 radical (unpaired) electrons. The highest BCUT2D eigenvalue weighted by Gasteiger charge is 2.43. The number of halogens is 1. The minimum atomic E-state index is -0.822. The van der Waals surface area contributed by atoms with E-state index in [9.17, 15) is 10.2 Å². The molecular weight excluding hydrogens is 352 g/mol. The molecule has 5 atom stereocenters. The smallest absolute Gasteiger partial charge is 0.0797 e. The van der Waals surface area contributed by atoms with E-state index in [0.717, 1.165) is 31.3 Å². The van der Waals surface area contributed by atoms with Crippen molar-refractivity contribution in [2.75, 3.05) is 0 Å². The molecule has 3 heteroatoms. The molecule has 1 aliphatic carbocycles. The first kappa shape index (κ1) is 20.7. The van der Waals surface area contributed by atoms with Gasteiger partial charge in [0.15, 0.2) is 0 Å². The average molecular weight is 385 g/mol. The Balaban J connectivity index is 2.91. The molecule has 1 aliphatic rings. The van der Waals surface area contributed by atoms with Gasteiger partial charge in [0.2, 0.25) is 0 Å². The van der Waals surface area contributed by atoms with Gasteiger partial charge in [0.05, 0.1) is 11.7 Å². The summed E-state index contributed by atoms with van der Waals surface area (Å²) in [6.45, 7) is 15.8. The maximum atomic E-state index is 10.3. The Morgan fingerprint density at radius 3 is 2.74 bits per heavy atom. The van der Waals surface area contributed by atoms with E-state index in [2.05, 4.69) is 49.0 Å². The molecule has 0 unspecified atom stereocenters. The van der Waals surface area contributed by atoms with E-state index in [4.69, 9.17) is 0 Å². The van der Waals surface area contributed by atoms with Gasteiger partial charge in [-0.2, -0.15) is 0 Å². The molecule has 0 amide bonds. The van der Waals surface area contributed by atoms with Gasteiger partial charge in [-0.1, -0.05) is 52.7 Å². The summed E-state index contributed by atoms with van der Waals surface area (Å²) < 4.78 is 0. The molecule has 23 heavy (non-hydrogen) atoms. The van der Waals surface area contributed by atoms with Crippen LogP contribution >= 0.6 is 15.9 Å². The summed E-state index contributed by atoms with van der Waals surface area (Å²) in [5, 5.41) is 20.4. The van der Waals surface area contributed by atoms with Crippen molar-refractivity contribution >= 4 is 15.9 Å². The maximum absolute atomic E-state index is 10.3.